The Labute approximate surface area is 149 Å². The van der Waals surface area contributed by atoms with Crippen LogP contribution >= 0.6 is 35.1 Å². The van der Waals surface area contributed by atoms with Crippen LogP contribution in [0, 0.1) is 0 Å². The predicted octanol–water partition coefficient (Wildman–Crippen LogP) is 4.49. The zero-order chi connectivity index (χ0) is 15.1. The average molecular weight is 367 g/mol. The summed E-state index contributed by atoms with van der Waals surface area (Å²) in [5.74, 6) is 0.160. The van der Waals surface area contributed by atoms with Crippen molar-refractivity contribution < 1.29 is 4.79 Å². The van der Waals surface area contributed by atoms with E-state index in [4.69, 9.17) is 5.73 Å². The standard InChI is InChI=1S/C17H18N2OS2.ClH/c18-10-11-5-3-4-8-19(11)17(20)15-9-14-16(22-15)12-6-1-2-7-13(12)21-14;/h1-2,6-7,9,11H,3-5,8,10,18H2;1H. The van der Waals surface area contributed by atoms with E-state index in [0.29, 0.717) is 6.54 Å². The molecular weight excluding hydrogens is 348 g/mol. The van der Waals surface area contributed by atoms with Crippen molar-refractivity contribution in [3.8, 4) is 0 Å². The highest BCUT2D eigenvalue weighted by Gasteiger charge is 2.27. The molecule has 6 heteroatoms. The molecule has 1 unspecified atom stereocenters. The van der Waals surface area contributed by atoms with Crippen molar-refractivity contribution in [1.82, 2.24) is 4.90 Å². The molecule has 2 aromatic heterocycles. The molecule has 0 saturated carbocycles. The van der Waals surface area contributed by atoms with Crippen molar-refractivity contribution in [3.05, 3.63) is 35.2 Å². The molecule has 4 rings (SSSR count). The zero-order valence-electron chi connectivity index (χ0n) is 12.7. The first-order valence-corrected chi connectivity index (χ1v) is 9.33. The highest BCUT2D eigenvalue weighted by Crippen LogP contribution is 2.39. The van der Waals surface area contributed by atoms with Gasteiger partial charge in [0.15, 0.2) is 0 Å². The number of benzene rings is 1. The number of thiophene rings is 2. The molecule has 1 aliphatic rings. The number of rotatable bonds is 2. The number of hydrogen-bond acceptors (Lipinski definition) is 4. The lowest BCUT2D eigenvalue weighted by Crippen LogP contribution is -2.47. The summed E-state index contributed by atoms with van der Waals surface area (Å²) in [6.07, 6.45) is 3.30. The van der Waals surface area contributed by atoms with Gasteiger partial charge in [0.05, 0.1) is 9.58 Å². The maximum Gasteiger partial charge on any atom is 0.264 e. The lowest BCUT2D eigenvalue weighted by molar-refractivity contribution is 0.0628. The summed E-state index contributed by atoms with van der Waals surface area (Å²) in [5, 5.41) is 1.26. The van der Waals surface area contributed by atoms with Gasteiger partial charge in [-0.05, 0) is 31.4 Å². The number of piperidine rings is 1. The number of nitrogens with zero attached hydrogens (tertiary/aromatic N) is 1. The second-order valence-corrected chi connectivity index (χ2v) is 7.92. The van der Waals surface area contributed by atoms with Crippen molar-refractivity contribution in [2.45, 2.75) is 25.3 Å². The second-order valence-electron chi connectivity index (χ2n) is 5.79. The molecule has 0 bridgehead atoms. The van der Waals surface area contributed by atoms with Crippen LogP contribution in [0.15, 0.2) is 30.3 Å². The molecule has 1 saturated heterocycles. The van der Waals surface area contributed by atoms with Gasteiger partial charge in [-0.3, -0.25) is 4.79 Å². The van der Waals surface area contributed by atoms with Crippen molar-refractivity contribution in [2.75, 3.05) is 13.1 Å². The number of likely N-dealkylation sites (tertiary alicyclic amines) is 1. The van der Waals surface area contributed by atoms with E-state index in [2.05, 4.69) is 30.3 Å². The van der Waals surface area contributed by atoms with Gasteiger partial charge in [-0.2, -0.15) is 0 Å². The average Bonchev–Trinajstić information content (AvgIpc) is 3.12. The summed E-state index contributed by atoms with van der Waals surface area (Å²) in [5.41, 5.74) is 5.85. The molecule has 2 N–H and O–H groups in total. The molecule has 0 aliphatic carbocycles. The minimum absolute atomic E-state index is 0. The summed E-state index contributed by atoms with van der Waals surface area (Å²) < 4.78 is 3.75. The third-order valence-electron chi connectivity index (χ3n) is 4.42. The molecule has 0 spiro atoms. The van der Waals surface area contributed by atoms with Gasteiger partial charge in [0, 0.05) is 33.9 Å². The lowest BCUT2D eigenvalue weighted by Gasteiger charge is -2.34. The van der Waals surface area contributed by atoms with Crippen molar-refractivity contribution >= 4 is 60.5 Å². The fraction of sp³-hybridized carbons (Fsp3) is 0.353. The van der Waals surface area contributed by atoms with Crippen molar-refractivity contribution in [2.24, 2.45) is 5.73 Å². The largest absolute Gasteiger partial charge is 0.334 e. The number of hydrogen-bond donors (Lipinski definition) is 1. The van der Waals surface area contributed by atoms with Crippen LogP contribution in [-0.2, 0) is 0 Å². The Morgan fingerprint density at radius 2 is 2.04 bits per heavy atom. The second kappa shape index (κ2) is 6.77. The van der Waals surface area contributed by atoms with E-state index in [0.717, 1.165) is 24.3 Å². The normalized spacial score (nSPS) is 18.3. The van der Waals surface area contributed by atoms with Crippen molar-refractivity contribution in [1.29, 1.82) is 0 Å². The Balaban J connectivity index is 0.00000156. The molecule has 0 radical (unpaired) electrons. The maximum absolute atomic E-state index is 12.9. The fourth-order valence-electron chi connectivity index (χ4n) is 3.26. The Bertz CT molecular complexity index is 841. The van der Waals surface area contributed by atoms with Gasteiger partial charge in [0.2, 0.25) is 0 Å². The van der Waals surface area contributed by atoms with Crippen LogP contribution in [-0.4, -0.2) is 29.9 Å². The van der Waals surface area contributed by atoms with Crippen LogP contribution in [0.4, 0.5) is 0 Å². The summed E-state index contributed by atoms with van der Waals surface area (Å²) in [4.78, 5) is 15.7. The van der Waals surface area contributed by atoms with Gasteiger partial charge in [-0.1, -0.05) is 18.2 Å². The third kappa shape index (κ3) is 2.87. The van der Waals surface area contributed by atoms with Gasteiger partial charge >= 0.3 is 0 Å². The highest BCUT2D eigenvalue weighted by molar-refractivity contribution is 7.33. The maximum atomic E-state index is 12.9. The lowest BCUT2D eigenvalue weighted by atomic mass is 10.0. The number of nitrogens with two attached hydrogens (primary N) is 1. The first kappa shape index (κ1) is 16.7. The fourth-order valence-corrected chi connectivity index (χ4v) is 5.74. The molecule has 1 atom stereocenters. The minimum Gasteiger partial charge on any atom is -0.334 e. The minimum atomic E-state index is 0. The summed E-state index contributed by atoms with van der Waals surface area (Å²) >= 11 is 3.39. The van der Waals surface area contributed by atoms with Gasteiger partial charge in [-0.25, -0.2) is 0 Å². The van der Waals surface area contributed by atoms with Crippen LogP contribution in [0.5, 0.6) is 0 Å². The molecule has 122 valence electrons. The Morgan fingerprint density at radius 3 is 2.87 bits per heavy atom. The van der Waals surface area contributed by atoms with Crippen molar-refractivity contribution in [3.63, 3.8) is 0 Å². The molecular formula is C17H19ClN2OS2. The smallest absolute Gasteiger partial charge is 0.264 e. The van der Waals surface area contributed by atoms with E-state index in [9.17, 15) is 4.79 Å². The SMILES string of the molecule is Cl.NCC1CCCCN1C(=O)c1cc2sc3ccccc3c2s1. The number of amides is 1. The quantitative estimate of drug-likeness (QED) is 0.726. The van der Waals surface area contributed by atoms with Gasteiger partial charge in [0.1, 0.15) is 0 Å². The predicted molar refractivity (Wildman–Crippen MR) is 102 cm³/mol. The number of fused-ring (bicyclic) bond motifs is 3. The van der Waals surface area contributed by atoms with Crippen LogP contribution < -0.4 is 5.73 Å². The van der Waals surface area contributed by atoms with E-state index >= 15 is 0 Å². The van der Waals surface area contributed by atoms with Crippen LogP contribution in [0.2, 0.25) is 0 Å². The summed E-state index contributed by atoms with van der Waals surface area (Å²) in [6.45, 7) is 1.40. The van der Waals surface area contributed by atoms with E-state index in [1.165, 1.54) is 25.9 Å². The number of carbonyl (C=O) groups is 1. The molecule has 23 heavy (non-hydrogen) atoms. The number of halogens is 1. The Hall–Kier alpha value is -1.14. The summed E-state index contributed by atoms with van der Waals surface area (Å²) in [7, 11) is 0. The Kier molecular flexibility index (Phi) is 4.92. The number of carbonyl (C=O) groups excluding carboxylic acids is 1. The molecule has 3 aromatic rings. The monoisotopic (exact) mass is 366 g/mol. The van der Waals surface area contributed by atoms with E-state index in [1.807, 2.05) is 4.90 Å². The first-order valence-electron chi connectivity index (χ1n) is 7.70. The molecule has 1 aromatic carbocycles. The molecule has 1 fully saturated rings. The van der Waals surface area contributed by atoms with E-state index in [1.54, 1.807) is 22.7 Å². The Morgan fingerprint density at radius 1 is 1.22 bits per heavy atom. The summed E-state index contributed by atoms with van der Waals surface area (Å²) in [6, 6.07) is 10.7. The van der Waals surface area contributed by atoms with Gasteiger partial charge < -0.3 is 10.6 Å². The van der Waals surface area contributed by atoms with Crippen LogP contribution in [0.1, 0.15) is 28.9 Å². The van der Waals surface area contributed by atoms with Gasteiger partial charge in [0.25, 0.3) is 5.91 Å². The molecule has 3 nitrogen and oxygen atoms in total. The topological polar surface area (TPSA) is 46.3 Å². The van der Waals surface area contributed by atoms with E-state index < -0.39 is 0 Å². The van der Waals surface area contributed by atoms with Crippen LogP contribution in [0.3, 0.4) is 0 Å². The van der Waals surface area contributed by atoms with Gasteiger partial charge in [-0.15, -0.1) is 35.1 Å². The zero-order valence-corrected chi connectivity index (χ0v) is 15.1. The third-order valence-corrected chi connectivity index (χ3v) is 6.82. The first-order chi connectivity index (χ1) is 10.8. The molecule has 1 aliphatic heterocycles. The molecule has 1 amide bonds. The highest BCUT2D eigenvalue weighted by atomic mass is 35.5. The van der Waals surface area contributed by atoms with Crippen LogP contribution in [0.25, 0.3) is 19.5 Å². The van der Waals surface area contributed by atoms with E-state index in [-0.39, 0.29) is 24.4 Å². The molecule has 3 heterocycles.